The van der Waals surface area contributed by atoms with Crippen molar-refractivity contribution in [2.24, 2.45) is 11.7 Å². The largest absolute Gasteiger partial charge is 0.321 e. The highest BCUT2D eigenvalue weighted by molar-refractivity contribution is 4.99. The molecule has 0 bridgehead atoms. The SMILES string of the molecule is CC1CCc2nc(C(C)N)nn2C1. The predicted octanol–water partition coefficient (Wildman–Crippen LogP) is 0.880. The molecule has 0 aromatic carbocycles. The van der Waals surface area contributed by atoms with Gasteiger partial charge in [-0.25, -0.2) is 9.67 Å². The van der Waals surface area contributed by atoms with Crippen molar-refractivity contribution in [2.45, 2.75) is 39.3 Å². The molecule has 4 nitrogen and oxygen atoms in total. The lowest BCUT2D eigenvalue weighted by atomic mass is 10.0. The van der Waals surface area contributed by atoms with Crippen LogP contribution in [-0.2, 0) is 13.0 Å². The molecule has 0 saturated carbocycles. The molecule has 1 aliphatic rings. The molecule has 0 saturated heterocycles. The topological polar surface area (TPSA) is 56.7 Å². The second-order valence-corrected chi connectivity index (χ2v) is 4.00. The molecule has 1 aromatic rings. The van der Waals surface area contributed by atoms with Gasteiger partial charge in [0, 0.05) is 13.0 Å². The first-order chi connectivity index (χ1) is 6.16. The predicted molar refractivity (Wildman–Crippen MR) is 50.1 cm³/mol. The summed E-state index contributed by atoms with van der Waals surface area (Å²) in [6, 6.07) is -0.0478. The maximum absolute atomic E-state index is 5.72. The number of aromatic nitrogens is 3. The van der Waals surface area contributed by atoms with Gasteiger partial charge in [0.15, 0.2) is 5.82 Å². The smallest absolute Gasteiger partial charge is 0.167 e. The average molecular weight is 180 g/mol. The van der Waals surface area contributed by atoms with Gasteiger partial charge in [-0.2, -0.15) is 5.10 Å². The molecule has 0 radical (unpaired) electrons. The third-order valence-electron chi connectivity index (χ3n) is 2.52. The zero-order valence-electron chi connectivity index (χ0n) is 8.20. The molecule has 0 amide bonds. The number of nitrogens with two attached hydrogens (primary N) is 1. The van der Waals surface area contributed by atoms with Crippen LogP contribution in [0.25, 0.3) is 0 Å². The van der Waals surface area contributed by atoms with Crippen molar-refractivity contribution >= 4 is 0 Å². The molecule has 2 N–H and O–H groups in total. The van der Waals surface area contributed by atoms with Gasteiger partial charge in [0.1, 0.15) is 5.82 Å². The summed E-state index contributed by atoms with van der Waals surface area (Å²) in [6.45, 7) is 5.16. The van der Waals surface area contributed by atoms with E-state index in [9.17, 15) is 0 Å². The first kappa shape index (κ1) is 8.69. The number of hydrogen-bond donors (Lipinski definition) is 1. The van der Waals surface area contributed by atoms with Gasteiger partial charge in [0.05, 0.1) is 6.04 Å². The Hall–Kier alpha value is -0.900. The first-order valence-electron chi connectivity index (χ1n) is 4.86. The van der Waals surface area contributed by atoms with Crippen molar-refractivity contribution in [1.82, 2.24) is 14.8 Å². The van der Waals surface area contributed by atoms with Crippen LogP contribution in [0.2, 0.25) is 0 Å². The van der Waals surface area contributed by atoms with Crippen LogP contribution in [0.15, 0.2) is 0 Å². The van der Waals surface area contributed by atoms with Gasteiger partial charge >= 0.3 is 0 Å². The fourth-order valence-corrected chi connectivity index (χ4v) is 1.68. The molecule has 2 unspecified atom stereocenters. The van der Waals surface area contributed by atoms with Gasteiger partial charge in [0.25, 0.3) is 0 Å². The van der Waals surface area contributed by atoms with E-state index in [4.69, 9.17) is 5.73 Å². The van der Waals surface area contributed by atoms with Crippen molar-refractivity contribution in [2.75, 3.05) is 0 Å². The Bertz CT molecular complexity index is 303. The van der Waals surface area contributed by atoms with Crippen LogP contribution >= 0.6 is 0 Å². The molecule has 72 valence electrons. The van der Waals surface area contributed by atoms with E-state index in [1.807, 2.05) is 11.6 Å². The minimum Gasteiger partial charge on any atom is -0.321 e. The molecule has 0 spiro atoms. The highest BCUT2D eigenvalue weighted by atomic mass is 15.4. The van der Waals surface area contributed by atoms with Crippen molar-refractivity contribution in [1.29, 1.82) is 0 Å². The molecular formula is C9H16N4. The van der Waals surface area contributed by atoms with Crippen LogP contribution in [0.3, 0.4) is 0 Å². The van der Waals surface area contributed by atoms with Gasteiger partial charge in [0.2, 0.25) is 0 Å². The highest BCUT2D eigenvalue weighted by Crippen LogP contribution is 2.18. The van der Waals surface area contributed by atoms with Crippen LogP contribution < -0.4 is 5.73 Å². The summed E-state index contributed by atoms with van der Waals surface area (Å²) >= 11 is 0. The first-order valence-corrected chi connectivity index (χ1v) is 4.86. The lowest BCUT2D eigenvalue weighted by Gasteiger charge is -2.17. The Morgan fingerprint density at radius 2 is 2.38 bits per heavy atom. The zero-order valence-corrected chi connectivity index (χ0v) is 8.20. The fourth-order valence-electron chi connectivity index (χ4n) is 1.68. The van der Waals surface area contributed by atoms with Crippen LogP contribution in [0.1, 0.15) is 38.0 Å². The van der Waals surface area contributed by atoms with Crippen molar-refractivity contribution < 1.29 is 0 Å². The van der Waals surface area contributed by atoms with Gasteiger partial charge in [-0.05, 0) is 19.3 Å². The maximum atomic E-state index is 5.72. The second kappa shape index (κ2) is 3.10. The lowest BCUT2D eigenvalue weighted by Crippen LogP contribution is -2.19. The normalized spacial score (nSPS) is 24.1. The third-order valence-corrected chi connectivity index (χ3v) is 2.52. The molecule has 0 fully saturated rings. The van der Waals surface area contributed by atoms with Crippen molar-refractivity contribution in [3.05, 3.63) is 11.6 Å². The molecule has 1 aliphatic heterocycles. The van der Waals surface area contributed by atoms with E-state index in [2.05, 4.69) is 17.0 Å². The van der Waals surface area contributed by atoms with Crippen molar-refractivity contribution in [3.63, 3.8) is 0 Å². The minimum absolute atomic E-state index is 0.0478. The molecule has 2 heterocycles. The highest BCUT2D eigenvalue weighted by Gasteiger charge is 2.19. The summed E-state index contributed by atoms with van der Waals surface area (Å²) in [7, 11) is 0. The fraction of sp³-hybridized carbons (Fsp3) is 0.778. The zero-order chi connectivity index (χ0) is 9.42. The van der Waals surface area contributed by atoms with Crippen LogP contribution in [0.4, 0.5) is 0 Å². The molecular weight excluding hydrogens is 164 g/mol. The summed E-state index contributed by atoms with van der Waals surface area (Å²) in [5.74, 6) is 2.60. The van der Waals surface area contributed by atoms with E-state index < -0.39 is 0 Å². The summed E-state index contributed by atoms with van der Waals surface area (Å²) in [5, 5.41) is 4.38. The van der Waals surface area contributed by atoms with E-state index in [0.29, 0.717) is 0 Å². The third kappa shape index (κ3) is 1.58. The Morgan fingerprint density at radius 3 is 3.08 bits per heavy atom. The number of nitrogens with zero attached hydrogens (tertiary/aromatic N) is 3. The summed E-state index contributed by atoms with van der Waals surface area (Å²) in [6.07, 6.45) is 2.26. The molecule has 4 heteroatoms. The van der Waals surface area contributed by atoms with Crippen LogP contribution in [0.5, 0.6) is 0 Å². The van der Waals surface area contributed by atoms with Crippen molar-refractivity contribution in [3.8, 4) is 0 Å². The number of hydrogen-bond acceptors (Lipinski definition) is 3. The maximum Gasteiger partial charge on any atom is 0.167 e. The summed E-state index contributed by atoms with van der Waals surface area (Å²) in [4.78, 5) is 4.41. The standard InChI is InChI=1S/C9H16N4/c1-6-3-4-8-11-9(7(2)10)12-13(8)5-6/h6-7H,3-5,10H2,1-2H3. The quantitative estimate of drug-likeness (QED) is 0.698. The average Bonchev–Trinajstić information content (AvgIpc) is 2.46. The Balaban J connectivity index is 2.28. The number of aryl methyl sites for hydroxylation is 1. The Kier molecular flexibility index (Phi) is 2.07. The van der Waals surface area contributed by atoms with Gasteiger partial charge in [-0.1, -0.05) is 6.92 Å². The van der Waals surface area contributed by atoms with Gasteiger partial charge in [-0.3, -0.25) is 0 Å². The molecule has 2 rings (SSSR count). The molecule has 1 aromatic heterocycles. The monoisotopic (exact) mass is 180 g/mol. The van der Waals surface area contributed by atoms with Gasteiger partial charge in [-0.15, -0.1) is 0 Å². The molecule has 2 atom stereocenters. The number of fused-ring (bicyclic) bond motifs is 1. The van der Waals surface area contributed by atoms with E-state index in [0.717, 1.165) is 30.5 Å². The van der Waals surface area contributed by atoms with E-state index >= 15 is 0 Å². The lowest BCUT2D eigenvalue weighted by molar-refractivity contribution is 0.367. The molecule has 13 heavy (non-hydrogen) atoms. The minimum atomic E-state index is -0.0478. The van der Waals surface area contributed by atoms with E-state index in [1.165, 1.54) is 6.42 Å². The van der Waals surface area contributed by atoms with Crippen LogP contribution in [-0.4, -0.2) is 14.8 Å². The van der Waals surface area contributed by atoms with Gasteiger partial charge < -0.3 is 5.73 Å². The Labute approximate surface area is 78.1 Å². The molecule has 0 aliphatic carbocycles. The van der Waals surface area contributed by atoms with E-state index in [1.54, 1.807) is 0 Å². The summed E-state index contributed by atoms with van der Waals surface area (Å²) < 4.78 is 2.01. The van der Waals surface area contributed by atoms with Crippen LogP contribution in [0, 0.1) is 5.92 Å². The Morgan fingerprint density at radius 1 is 1.62 bits per heavy atom. The second-order valence-electron chi connectivity index (χ2n) is 4.00. The van der Waals surface area contributed by atoms with E-state index in [-0.39, 0.29) is 6.04 Å². The number of rotatable bonds is 1. The summed E-state index contributed by atoms with van der Waals surface area (Å²) in [5.41, 5.74) is 5.72.